The molecule has 0 atom stereocenters. The number of carbonyl (C=O) groups is 1. The largest absolute Gasteiger partial charge is 0.496 e. The lowest BCUT2D eigenvalue weighted by Gasteiger charge is -2.10. The van der Waals surface area contributed by atoms with Crippen molar-refractivity contribution >= 4 is 22.5 Å². The Morgan fingerprint density at radius 1 is 1.13 bits per heavy atom. The van der Waals surface area contributed by atoms with E-state index in [0.29, 0.717) is 28.1 Å². The summed E-state index contributed by atoms with van der Waals surface area (Å²) in [5.74, 6) is 0.242. The number of aromatic nitrogens is 1. The first-order valence-corrected chi connectivity index (χ1v) is 7.16. The van der Waals surface area contributed by atoms with Crippen molar-refractivity contribution in [2.24, 2.45) is 0 Å². The van der Waals surface area contributed by atoms with Crippen LogP contribution in [0.4, 0.5) is 5.69 Å². The summed E-state index contributed by atoms with van der Waals surface area (Å²) in [6, 6.07) is 14.2. The quantitative estimate of drug-likeness (QED) is 0.781. The van der Waals surface area contributed by atoms with Crippen molar-refractivity contribution in [2.75, 3.05) is 12.4 Å². The zero-order valence-corrected chi connectivity index (χ0v) is 12.8. The molecule has 116 valence electrons. The molecule has 0 radical (unpaired) electrons. The number of para-hydroxylation sites is 1. The number of anilines is 1. The standard InChI is InChI=1S/C18H16N2O3/c1-11-9-12-7-8-13(10-15(12)20-17(11)21)19-18(22)14-5-3-4-6-16(14)23-2/h3-10H,1-2H3,(H,19,22)(H,20,21). The first-order chi connectivity index (χ1) is 11.1. The highest BCUT2D eigenvalue weighted by atomic mass is 16.5. The Balaban J connectivity index is 1.93. The summed E-state index contributed by atoms with van der Waals surface area (Å²) in [4.78, 5) is 26.9. The molecule has 0 aliphatic heterocycles. The van der Waals surface area contributed by atoms with E-state index in [2.05, 4.69) is 10.3 Å². The Morgan fingerprint density at radius 2 is 1.91 bits per heavy atom. The van der Waals surface area contributed by atoms with Crippen LogP contribution in [0, 0.1) is 6.92 Å². The molecule has 0 fully saturated rings. The van der Waals surface area contributed by atoms with Crippen LogP contribution < -0.4 is 15.6 Å². The molecule has 0 saturated carbocycles. The van der Waals surface area contributed by atoms with Crippen LogP contribution >= 0.6 is 0 Å². The van der Waals surface area contributed by atoms with Gasteiger partial charge in [0.05, 0.1) is 18.2 Å². The molecule has 1 heterocycles. The predicted octanol–water partition coefficient (Wildman–Crippen LogP) is 3.10. The van der Waals surface area contributed by atoms with Crippen molar-refractivity contribution in [1.82, 2.24) is 4.98 Å². The molecule has 5 heteroatoms. The maximum Gasteiger partial charge on any atom is 0.259 e. The van der Waals surface area contributed by atoms with Crippen LogP contribution in [0.15, 0.2) is 53.3 Å². The molecule has 0 aliphatic carbocycles. The maximum absolute atomic E-state index is 12.4. The van der Waals surface area contributed by atoms with Crippen LogP contribution in [0.1, 0.15) is 15.9 Å². The van der Waals surface area contributed by atoms with Crippen molar-refractivity contribution in [3.63, 3.8) is 0 Å². The molecule has 3 aromatic rings. The molecule has 3 rings (SSSR count). The van der Waals surface area contributed by atoms with E-state index in [1.54, 1.807) is 43.3 Å². The molecule has 0 unspecified atom stereocenters. The maximum atomic E-state index is 12.4. The van der Waals surface area contributed by atoms with Crippen molar-refractivity contribution in [2.45, 2.75) is 6.92 Å². The second-order valence-corrected chi connectivity index (χ2v) is 5.24. The molecular formula is C18H16N2O3. The normalized spacial score (nSPS) is 10.5. The molecule has 23 heavy (non-hydrogen) atoms. The molecule has 0 saturated heterocycles. The molecule has 0 aliphatic rings. The smallest absolute Gasteiger partial charge is 0.259 e. The second kappa shape index (κ2) is 5.96. The summed E-state index contributed by atoms with van der Waals surface area (Å²) in [6.45, 7) is 1.76. The zero-order chi connectivity index (χ0) is 16.4. The molecule has 2 N–H and O–H groups in total. The van der Waals surface area contributed by atoms with Crippen LogP contribution in [0.25, 0.3) is 10.9 Å². The fourth-order valence-electron chi connectivity index (χ4n) is 2.42. The number of aromatic amines is 1. The third-order valence-corrected chi connectivity index (χ3v) is 3.64. The van der Waals surface area contributed by atoms with E-state index >= 15 is 0 Å². The van der Waals surface area contributed by atoms with Gasteiger partial charge >= 0.3 is 0 Å². The van der Waals surface area contributed by atoms with Gasteiger partial charge in [0.15, 0.2) is 0 Å². The average Bonchev–Trinajstić information content (AvgIpc) is 2.56. The highest BCUT2D eigenvalue weighted by molar-refractivity contribution is 6.06. The van der Waals surface area contributed by atoms with Crippen LogP contribution in [0.3, 0.4) is 0 Å². The number of aryl methyl sites for hydroxylation is 1. The van der Waals surface area contributed by atoms with Gasteiger partial charge in [-0.25, -0.2) is 0 Å². The van der Waals surface area contributed by atoms with Crippen LogP contribution in [-0.4, -0.2) is 18.0 Å². The fourth-order valence-corrected chi connectivity index (χ4v) is 2.42. The minimum Gasteiger partial charge on any atom is -0.496 e. The van der Waals surface area contributed by atoms with Gasteiger partial charge in [-0.05, 0) is 42.6 Å². The van der Waals surface area contributed by atoms with Gasteiger partial charge in [-0.1, -0.05) is 18.2 Å². The monoisotopic (exact) mass is 308 g/mol. The topological polar surface area (TPSA) is 71.2 Å². The second-order valence-electron chi connectivity index (χ2n) is 5.24. The minimum absolute atomic E-state index is 0.134. The average molecular weight is 308 g/mol. The first kappa shape index (κ1) is 14.8. The Bertz CT molecular complexity index is 944. The number of nitrogens with one attached hydrogen (secondary N) is 2. The molecule has 2 aromatic carbocycles. The van der Waals surface area contributed by atoms with Crippen molar-refractivity contribution in [3.8, 4) is 5.75 Å². The zero-order valence-electron chi connectivity index (χ0n) is 12.8. The summed E-state index contributed by atoms with van der Waals surface area (Å²) < 4.78 is 5.19. The summed E-state index contributed by atoms with van der Waals surface area (Å²) in [5.41, 5.74) is 2.26. The molecular weight excluding hydrogens is 292 g/mol. The van der Waals surface area contributed by atoms with Gasteiger partial charge in [-0.3, -0.25) is 9.59 Å². The van der Waals surface area contributed by atoms with Gasteiger partial charge in [0.2, 0.25) is 0 Å². The molecule has 0 bridgehead atoms. The van der Waals surface area contributed by atoms with Gasteiger partial charge in [0, 0.05) is 11.3 Å². The summed E-state index contributed by atoms with van der Waals surface area (Å²) >= 11 is 0. The van der Waals surface area contributed by atoms with Gasteiger partial charge in [0.1, 0.15) is 5.75 Å². The number of ether oxygens (including phenoxy) is 1. The predicted molar refractivity (Wildman–Crippen MR) is 90.3 cm³/mol. The Labute approximate surface area is 132 Å². The number of fused-ring (bicyclic) bond motifs is 1. The molecule has 1 amide bonds. The number of hydrogen-bond donors (Lipinski definition) is 2. The molecule has 0 spiro atoms. The summed E-state index contributed by atoms with van der Waals surface area (Å²) in [5, 5.41) is 3.73. The van der Waals surface area contributed by atoms with E-state index in [1.165, 1.54) is 7.11 Å². The number of methoxy groups -OCH3 is 1. The number of carbonyl (C=O) groups excluding carboxylic acids is 1. The number of benzene rings is 2. The van der Waals surface area contributed by atoms with E-state index in [0.717, 1.165) is 5.39 Å². The summed E-state index contributed by atoms with van der Waals surface area (Å²) in [7, 11) is 1.52. The number of H-pyrrole nitrogens is 1. The van der Waals surface area contributed by atoms with Crippen molar-refractivity contribution in [3.05, 3.63) is 70.0 Å². The molecule has 1 aromatic heterocycles. The Kier molecular flexibility index (Phi) is 3.85. The highest BCUT2D eigenvalue weighted by Gasteiger charge is 2.12. The van der Waals surface area contributed by atoms with E-state index in [-0.39, 0.29) is 11.5 Å². The number of hydrogen-bond acceptors (Lipinski definition) is 3. The lowest BCUT2D eigenvalue weighted by Crippen LogP contribution is -2.13. The molecule has 5 nitrogen and oxygen atoms in total. The number of amides is 1. The number of rotatable bonds is 3. The van der Waals surface area contributed by atoms with Crippen LogP contribution in [0.5, 0.6) is 5.75 Å². The van der Waals surface area contributed by atoms with Crippen LogP contribution in [0.2, 0.25) is 0 Å². The van der Waals surface area contributed by atoms with Crippen LogP contribution in [-0.2, 0) is 0 Å². The highest BCUT2D eigenvalue weighted by Crippen LogP contribution is 2.21. The van der Waals surface area contributed by atoms with Crippen molar-refractivity contribution < 1.29 is 9.53 Å². The van der Waals surface area contributed by atoms with Gasteiger partial charge in [0.25, 0.3) is 11.5 Å². The SMILES string of the molecule is COc1ccccc1C(=O)Nc1ccc2cc(C)c(=O)[nH]c2c1. The van der Waals surface area contributed by atoms with E-state index < -0.39 is 0 Å². The number of pyridine rings is 1. The van der Waals surface area contributed by atoms with Gasteiger partial charge in [-0.2, -0.15) is 0 Å². The fraction of sp³-hybridized carbons (Fsp3) is 0.111. The van der Waals surface area contributed by atoms with E-state index in [4.69, 9.17) is 4.74 Å². The Morgan fingerprint density at radius 3 is 2.70 bits per heavy atom. The third kappa shape index (κ3) is 2.94. The lowest BCUT2D eigenvalue weighted by atomic mass is 10.1. The van der Waals surface area contributed by atoms with E-state index in [1.807, 2.05) is 12.1 Å². The minimum atomic E-state index is -0.267. The van der Waals surface area contributed by atoms with E-state index in [9.17, 15) is 9.59 Å². The Hall–Kier alpha value is -3.08. The van der Waals surface area contributed by atoms with Gasteiger partial charge in [-0.15, -0.1) is 0 Å². The lowest BCUT2D eigenvalue weighted by molar-refractivity contribution is 0.102. The summed E-state index contributed by atoms with van der Waals surface area (Å²) in [6.07, 6.45) is 0. The van der Waals surface area contributed by atoms with Gasteiger partial charge < -0.3 is 15.0 Å². The first-order valence-electron chi connectivity index (χ1n) is 7.16. The van der Waals surface area contributed by atoms with Crippen molar-refractivity contribution in [1.29, 1.82) is 0 Å². The third-order valence-electron chi connectivity index (χ3n) is 3.64.